The van der Waals surface area contributed by atoms with E-state index in [0.29, 0.717) is 10.7 Å². The van der Waals surface area contributed by atoms with Crippen LogP contribution >= 0.6 is 11.6 Å². The summed E-state index contributed by atoms with van der Waals surface area (Å²) in [4.78, 5) is 38.6. The van der Waals surface area contributed by atoms with Crippen molar-refractivity contribution in [2.75, 3.05) is 4.90 Å². The van der Waals surface area contributed by atoms with Crippen LogP contribution in [0.15, 0.2) is 18.2 Å². The lowest BCUT2D eigenvalue weighted by atomic mass is 9.85. The molecule has 1 aromatic rings. The molecular formula is C18H20ClNO3. The van der Waals surface area contributed by atoms with Crippen molar-refractivity contribution in [3.8, 4) is 0 Å². The van der Waals surface area contributed by atoms with Crippen molar-refractivity contribution >= 4 is 34.8 Å². The van der Waals surface area contributed by atoms with Crippen molar-refractivity contribution in [3.05, 3.63) is 28.8 Å². The van der Waals surface area contributed by atoms with Crippen molar-refractivity contribution in [1.82, 2.24) is 0 Å². The highest BCUT2D eigenvalue weighted by Crippen LogP contribution is 2.41. The maximum atomic E-state index is 12.6. The number of benzene rings is 1. The van der Waals surface area contributed by atoms with Crippen molar-refractivity contribution in [2.24, 2.45) is 11.8 Å². The number of Topliss-reactive ketones (excluding diaryl/α,β-unsaturated/α-hetero) is 2. The lowest BCUT2D eigenvalue weighted by Gasteiger charge is -2.31. The van der Waals surface area contributed by atoms with Gasteiger partial charge in [-0.25, -0.2) is 0 Å². The number of rotatable bonds is 3. The van der Waals surface area contributed by atoms with Gasteiger partial charge in [0.1, 0.15) is 11.7 Å². The molecule has 2 atom stereocenters. The number of hydrogen-bond donors (Lipinski definition) is 0. The van der Waals surface area contributed by atoms with Gasteiger partial charge in [-0.3, -0.25) is 14.4 Å². The van der Waals surface area contributed by atoms with E-state index < -0.39 is 17.6 Å². The van der Waals surface area contributed by atoms with Crippen LogP contribution in [-0.2, 0) is 14.4 Å². The van der Waals surface area contributed by atoms with E-state index in [2.05, 4.69) is 0 Å². The Labute approximate surface area is 140 Å². The van der Waals surface area contributed by atoms with Crippen LogP contribution in [0.4, 0.5) is 5.69 Å². The zero-order chi connectivity index (χ0) is 16.7. The number of carbonyl (C=O) groups excluding carboxylic acids is 3. The summed E-state index contributed by atoms with van der Waals surface area (Å²) in [7, 11) is 0. The fourth-order valence-corrected chi connectivity index (χ4v) is 4.08. The maximum Gasteiger partial charge on any atom is 0.295 e. The summed E-state index contributed by atoms with van der Waals surface area (Å²) in [5, 5.41) is 0.618. The zero-order valence-electron chi connectivity index (χ0n) is 13.3. The van der Waals surface area contributed by atoms with E-state index >= 15 is 0 Å². The Hall–Kier alpha value is -1.68. The number of carbonyl (C=O) groups is 3. The minimum Gasteiger partial charge on any atom is -0.301 e. The Kier molecular flexibility index (Phi) is 4.28. The Morgan fingerprint density at radius 2 is 1.87 bits per heavy atom. The largest absolute Gasteiger partial charge is 0.301 e. The smallest absolute Gasteiger partial charge is 0.295 e. The molecule has 23 heavy (non-hydrogen) atoms. The molecule has 0 radical (unpaired) electrons. The van der Waals surface area contributed by atoms with Crippen LogP contribution < -0.4 is 4.90 Å². The zero-order valence-corrected chi connectivity index (χ0v) is 14.1. The summed E-state index contributed by atoms with van der Waals surface area (Å²) in [6.07, 6.45) is 4.08. The predicted octanol–water partition coefficient (Wildman–Crippen LogP) is 3.33. The van der Waals surface area contributed by atoms with E-state index in [1.165, 1.54) is 6.92 Å². The first-order chi connectivity index (χ1) is 10.9. The molecule has 1 saturated heterocycles. The molecular weight excluding hydrogens is 314 g/mol. The molecule has 1 heterocycles. The van der Waals surface area contributed by atoms with E-state index in [9.17, 15) is 14.4 Å². The van der Waals surface area contributed by atoms with Gasteiger partial charge in [0, 0.05) is 10.7 Å². The number of aryl methyl sites for hydroxylation is 1. The Balaban J connectivity index is 2.07. The van der Waals surface area contributed by atoms with Gasteiger partial charge in [-0.05, 0) is 56.4 Å². The summed E-state index contributed by atoms with van der Waals surface area (Å²) in [6.45, 7) is 3.27. The van der Waals surface area contributed by atoms with Crippen LogP contribution in [-0.4, -0.2) is 23.5 Å². The highest BCUT2D eigenvalue weighted by molar-refractivity contribution is 6.48. The average molecular weight is 334 g/mol. The first-order valence-corrected chi connectivity index (χ1v) is 8.43. The Morgan fingerprint density at radius 3 is 2.43 bits per heavy atom. The first kappa shape index (κ1) is 16.2. The van der Waals surface area contributed by atoms with Crippen molar-refractivity contribution in [3.63, 3.8) is 0 Å². The highest BCUT2D eigenvalue weighted by atomic mass is 35.5. The molecule has 2 aliphatic rings. The lowest BCUT2D eigenvalue weighted by Crippen LogP contribution is -2.42. The molecule has 2 unspecified atom stereocenters. The SMILES string of the molecule is CC(=O)C1C(=O)C(=O)N(c2ccc(Cl)c(C)c2)C1C1CCCC1. The van der Waals surface area contributed by atoms with Gasteiger partial charge in [-0.1, -0.05) is 24.4 Å². The first-order valence-electron chi connectivity index (χ1n) is 8.06. The third kappa shape index (κ3) is 2.69. The van der Waals surface area contributed by atoms with E-state index in [1.807, 2.05) is 13.0 Å². The summed E-state index contributed by atoms with van der Waals surface area (Å²) < 4.78 is 0. The molecule has 122 valence electrons. The molecule has 1 amide bonds. The quantitative estimate of drug-likeness (QED) is 0.629. The molecule has 1 aliphatic heterocycles. The number of hydrogen-bond acceptors (Lipinski definition) is 3. The lowest BCUT2D eigenvalue weighted by molar-refractivity contribution is -0.138. The van der Waals surface area contributed by atoms with Crippen LogP contribution in [0, 0.1) is 18.8 Å². The van der Waals surface area contributed by atoms with E-state index in [0.717, 1.165) is 31.2 Å². The Bertz CT molecular complexity index is 679. The summed E-state index contributed by atoms with van der Waals surface area (Å²) >= 11 is 6.07. The second kappa shape index (κ2) is 6.08. The van der Waals surface area contributed by atoms with Gasteiger partial charge in [-0.2, -0.15) is 0 Å². The van der Waals surface area contributed by atoms with Gasteiger partial charge < -0.3 is 4.90 Å². The number of amides is 1. The van der Waals surface area contributed by atoms with Crippen LogP contribution in [0.3, 0.4) is 0 Å². The third-order valence-electron chi connectivity index (χ3n) is 5.09. The van der Waals surface area contributed by atoms with Gasteiger partial charge in [0.15, 0.2) is 0 Å². The second-order valence-corrected chi connectivity index (χ2v) is 7.00. The molecule has 1 saturated carbocycles. The molecule has 0 bridgehead atoms. The molecule has 1 aromatic carbocycles. The van der Waals surface area contributed by atoms with Gasteiger partial charge >= 0.3 is 0 Å². The molecule has 3 rings (SSSR count). The number of ketones is 2. The topological polar surface area (TPSA) is 54.5 Å². The molecule has 0 N–H and O–H groups in total. The fraction of sp³-hybridized carbons (Fsp3) is 0.500. The Morgan fingerprint density at radius 1 is 1.22 bits per heavy atom. The fourth-order valence-electron chi connectivity index (χ4n) is 3.97. The molecule has 1 aliphatic carbocycles. The molecule has 0 aromatic heterocycles. The summed E-state index contributed by atoms with van der Waals surface area (Å²) in [5.74, 6) is -1.98. The summed E-state index contributed by atoms with van der Waals surface area (Å²) in [6, 6.07) is 4.95. The third-order valence-corrected chi connectivity index (χ3v) is 5.52. The summed E-state index contributed by atoms with van der Waals surface area (Å²) in [5.41, 5.74) is 1.51. The number of nitrogens with zero attached hydrogens (tertiary/aromatic N) is 1. The monoisotopic (exact) mass is 333 g/mol. The van der Waals surface area contributed by atoms with Crippen LogP contribution in [0.1, 0.15) is 38.2 Å². The second-order valence-electron chi connectivity index (χ2n) is 6.60. The van der Waals surface area contributed by atoms with E-state index in [1.54, 1.807) is 17.0 Å². The average Bonchev–Trinajstić information content (AvgIpc) is 3.10. The molecule has 2 fully saturated rings. The van der Waals surface area contributed by atoms with Crippen molar-refractivity contribution < 1.29 is 14.4 Å². The van der Waals surface area contributed by atoms with Crippen molar-refractivity contribution in [1.29, 1.82) is 0 Å². The normalized spacial score (nSPS) is 25.4. The van der Waals surface area contributed by atoms with Crippen LogP contribution in [0.25, 0.3) is 0 Å². The van der Waals surface area contributed by atoms with Crippen molar-refractivity contribution in [2.45, 2.75) is 45.6 Å². The van der Waals surface area contributed by atoms with Gasteiger partial charge in [0.05, 0.1) is 6.04 Å². The minimum absolute atomic E-state index is 0.204. The molecule has 0 spiro atoms. The minimum atomic E-state index is -0.832. The van der Waals surface area contributed by atoms with Crippen LogP contribution in [0.5, 0.6) is 0 Å². The van der Waals surface area contributed by atoms with Gasteiger partial charge in [0.25, 0.3) is 5.91 Å². The standard InChI is InChI=1S/C18H20ClNO3/c1-10-9-13(7-8-14(10)19)20-16(12-5-3-4-6-12)15(11(2)21)17(22)18(20)23/h7-9,12,15-16H,3-6H2,1-2H3. The number of anilines is 1. The maximum absolute atomic E-state index is 12.6. The number of halogens is 1. The van der Waals surface area contributed by atoms with Crippen LogP contribution in [0.2, 0.25) is 5.02 Å². The van der Waals surface area contributed by atoms with Gasteiger partial charge in [-0.15, -0.1) is 0 Å². The highest BCUT2D eigenvalue weighted by Gasteiger charge is 2.53. The van der Waals surface area contributed by atoms with E-state index in [4.69, 9.17) is 11.6 Å². The predicted molar refractivity (Wildman–Crippen MR) is 88.6 cm³/mol. The molecule has 5 heteroatoms. The molecule has 4 nitrogen and oxygen atoms in total. The van der Waals surface area contributed by atoms with E-state index in [-0.39, 0.29) is 17.7 Å². The van der Waals surface area contributed by atoms with Gasteiger partial charge in [0.2, 0.25) is 5.78 Å².